The standard InChI is InChI=1S/C15H13N/c1-2-15(16)14-10-8-13(9-11-14)12-6-4-3-5-7-12/h2-11,16H,1H2. The van der Waals surface area contributed by atoms with Gasteiger partial charge >= 0.3 is 0 Å². The molecule has 0 heterocycles. The van der Waals surface area contributed by atoms with Crippen molar-refractivity contribution < 1.29 is 0 Å². The number of hydrogen-bond donors (Lipinski definition) is 1. The number of benzene rings is 2. The van der Waals surface area contributed by atoms with E-state index >= 15 is 0 Å². The Labute approximate surface area is 95.6 Å². The highest BCUT2D eigenvalue weighted by molar-refractivity contribution is 6.06. The molecule has 2 rings (SSSR count). The Bertz CT molecular complexity index is 495. The van der Waals surface area contributed by atoms with Crippen molar-refractivity contribution in [2.75, 3.05) is 0 Å². The van der Waals surface area contributed by atoms with Crippen LogP contribution in [0.3, 0.4) is 0 Å². The number of rotatable bonds is 3. The molecule has 2 aromatic rings. The van der Waals surface area contributed by atoms with E-state index in [1.165, 1.54) is 11.1 Å². The van der Waals surface area contributed by atoms with E-state index in [-0.39, 0.29) is 0 Å². The average molecular weight is 207 g/mol. The minimum absolute atomic E-state index is 0.458. The Morgan fingerprint density at radius 1 is 0.875 bits per heavy atom. The summed E-state index contributed by atoms with van der Waals surface area (Å²) in [5.74, 6) is 0. The lowest BCUT2D eigenvalue weighted by Gasteiger charge is -2.03. The molecule has 0 aliphatic rings. The van der Waals surface area contributed by atoms with Crippen LogP contribution in [0.2, 0.25) is 0 Å². The summed E-state index contributed by atoms with van der Waals surface area (Å²) in [6.45, 7) is 3.59. The second-order valence-corrected chi connectivity index (χ2v) is 3.56. The third-order valence-electron chi connectivity index (χ3n) is 2.51. The molecule has 1 N–H and O–H groups in total. The van der Waals surface area contributed by atoms with Gasteiger partial charge in [0.2, 0.25) is 0 Å². The molecule has 0 fully saturated rings. The molecule has 1 nitrogen and oxygen atoms in total. The highest BCUT2D eigenvalue weighted by atomic mass is 14.4. The minimum Gasteiger partial charge on any atom is -0.300 e. The molecule has 0 atom stereocenters. The van der Waals surface area contributed by atoms with E-state index in [0.29, 0.717) is 5.71 Å². The zero-order valence-corrected chi connectivity index (χ0v) is 8.98. The van der Waals surface area contributed by atoms with Crippen molar-refractivity contribution in [2.45, 2.75) is 0 Å². The molecule has 0 saturated carbocycles. The molecular weight excluding hydrogens is 194 g/mol. The van der Waals surface area contributed by atoms with Crippen molar-refractivity contribution in [1.29, 1.82) is 5.41 Å². The smallest absolute Gasteiger partial charge is 0.0606 e. The van der Waals surface area contributed by atoms with Crippen LogP contribution in [-0.2, 0) is 0 Å². The van der Waals surface area contributed by atoms with Gasteiger partial charge in [0.15, 0.2) is 0 Å². The summed E-state index contributed by atoms with van der Waals surface area (Å²) in [4.78, 5) is 0. The SMILES string of the molecule is C=CC(=N)c1ccc(-c2ccccc2)cc1. The van der Waals surface area contributed by atoms with Crippen molar-refractivity contribution in [3.8, 4) is 11.1 Å². The lowest BCUT2D eigenvalue weighted by atomic mass is 10.0. The summed E-state index contributed by atoms with van der Waals surface area (Å²) in [7, 11) is 0. The summed E-state index contributed by atoms with van der Waals surface area (Å²) in [6, 6.07) is 18.2. The first-order chi connectivity index (χ1) is 7.81. The van der Waals surface area contributed by atoms with E-state index in [4.69, 9.17) is 5.41 Å². The molecule has 0 amide bonds. The fourth-order valence-corrected chi connectivity index (χ4v) is 1.59. The molecule has 0 bridgehead atoms. The van der Waals surface area contributed by atoms with E-state index in [1.807, 2.05) is 42.5 Å². The summed E-state index contributed by atoms with van der Waals surface area (Å²) in [6.07, 6.45) is 1.55. The zero-order chi connectivity index (χ0) is 11.4. The Morgan fingerprint density at radius 3 is 2.00 bits per heavy atom. The van der Waals surface area contributed by atoms with Crippen LogP contribution >= 0.6 is 0 Å². The van der Waals surface area contributed by atoms with Gasteiger partial charge in [0.05, 0.1) is 5.71 Å². The summed E-state index contributed by atoms with van der Waals surface area (Å²) in [5, 5.41) is 7.64. The second kappa shape index (κ2) is 4.58. The summed E-state index contributed by atoms with van der Waals surface area (Å²) in [5.41, 5.74) is 3.72. The van der Waals surface area contributed by atoms with Gasteiger partial charge in [-0.1, -0.05) is 61.2 Å². The van der Waals surface area contributed by atoms with E-state index in [2.05, 4.69) is 18.7 Å². The molecule has 0 saturated heterocycles. The Hall–Kier alpha value is -2.15. The van der Waals surface area contributed by atoms with Crippen molar-refractivity contribution >= 4 is 5.71 Å². The van der Waals surface area contributed by atoms with Crippen molar-refractivity contribution in [3.63, 3.8) is 0 Å². The van der Waals surface area contributed by atoms with Crippen molar-refractivity contribution in [1.82, 2.24) is 0 Å². The van der Waals surface area contributed by atoms with Crippen LogP contribution in [0.4, 0.5) is 0 Å². The van der Waals surface area contributed by atoms with E-state index < -0.39 is 0 Å². The highest BCUT2D eigenvalue weighted by Crippen LogP contribution is 2.19. The van der Waals surface area contributed by atoms with Crippen LogP contribution in [0.1, 0.15) is 5.56 Å². The van der Waals surface area contributed by atoms with Gasteiger partial charge in [-0.05, 0) is 22.8 Å². The largest absolute Gasteiger partial charge is 0.300 e. The van der Waals surface area contributed by atoms with Gasteiger partial charge in [-0.2, -0.15) is 0 Å². The topological polar surface area (TPSA) is 23.9 Å². The Balaban J connectivity index is 2.33. The molecule has 0 radical (unpaired) electrons. The molecule has 78 valence electrons. The molecule has 0 spiro atoms. The van der Waals surface area contributed by atoms with E-state index in [9.17, 15) is 0 Å². The molecule has 0 aromatic heterocycles. The number of allylic oxidation sites excluding steroid dienone is 1. The van der Waals surface area contributed by atoms with Gasteiger partial charge in [0, 0.05) is 0 Å². The molecule has 16 heavy (non-hydrogen) atoms. The third-order valence-corrected chi connectivity index (χ3v) is 2.51. The molecular formula is C15H13N. The van der Waals surface area contributed by atoms with Crippen LogP contribution in [0.5, 0.6) is 0 Å². The maximum Gasteiger partial charge on any atom is 0.0606 e. The van der Waals surface area contributed by atoms with Gasteiger partial charge < -0.3 is 5.41 Å². The predicted molar refractivity (Wildman–Crippen MR) is 68.9 cm³/mol. The molecule has 0 unspecified atom stereocenters. The Kier molecular flexibility index (Phi) is 2.97. The lowest BCUT2D eigenvalue weighted by molar-refractivity contribution is 1.49. The van der Waals surface area contributed by atoms with Crippen molar-refractivity contribution in [3.05, 3.63) is 72.8 Å². The van der Waals surface area contributed by atoms with Crippen LogP contribution < -0.4 is 0 Å². The molecule has 1 heteroatoms. The molecule has 2 aromatic carbocycles. The fraction of sp³-hybridized carbons (Fsp3) is 0. The number of nitrogens with one attached hydrogen (secondary N) is 1. The molecule has 0 aliphatic carbocycles. The first-order valence-corrected chi connectivity index (χ1v) is 5.18. The quantitative estimate of drug-likeness (QED) is 0.738. The monoisotopic (exact) mass is 207 g/mol. The fourth-order valence-electron chi connectivity index (χ4n) is 1.59. The number of hydrogen-bond acceptors (Lipinski definition) is 1. The van der Waals surface area contributed by atoms with Crippen molar-refractivity contribution in [2.24, 2.45) is 0 Å². The molecule has 0 aliphatic heterocycles. The van der Waals surface area contributed by atoms with Crippen LogP contribution in [-0.4, -0.2) is 5.71 Å². The second-order valence-electron chi connectivity index (χ2n) is 3.56. The third kappa shape index (κ3) is 2.09. The van der Waals surface area contributed by atoms with Gasteiger partial charge in [0.1, 0.15) is 0 Å². The predicted octanol–water partition coefficient (Wildman–Crippen LogP) is 3.91. The van der Waals surface area contributed by atoms with Crippen LogP contribution in [0.25, 0.3) is 11.1 Å². The highest BCUT2D eigenvalue weighted by Gasteiger charge is 1.98. The first-order valence-electron chi connectivity index (χ1n) is 5.18. The van der Waals surface area contributed by atoms with Gasteiger partial charge in [-0.3, -0.25) is 0 Å². The maximum atomic E-state index is 7.64. The van der Waals surface area contributed by atoms with Gasteiger partial charge in [0.25, 0.3) is 0 Å². The van der Waals surface area contributed by atoms with Crippen LogP contribution in [0, 0.1) is 5.41 Å². The van der Waals surface area contributed by atoms with Crippen LogP contribution in [0.15, 0.2) is 67.3 Å². The van der Waals surface area contributed by atoms with E-state index in [0.717, 1.165) is 5.56 Å². The first kappa shape index (κ1) is 10.4. The normalized spacial score (nSPS) is 9.75. The zero-order valence-electron chi connectivity index (χ0n) is 8.98. The van der Waals surface area contributed by atoms with E-state index in [1.54, 1.807) is 6.08 Å². The lowest BCUT2D eigenvalue weighted by Crippen LogP contribution is -1.92. The summed E-state index contributed by atoms with van der Waals surface area (Å²) >= 11 is 0. The average Bonchev–Trinajstić information content (AvgIpc) is 2.39. The Morgan fingerprint density at radius 2 is 1.44 bits per heavy atom. The maximum absolute atomic E-state index is 7.64. The van der Waals surface area contributed by atoms with Gasteiger partial charge in [-0.25, -0.2) is 0 Å². The minimum atomic E-state index is 0.458. The van der Waals surface area contributed by atoms with Gasteiger partial charge in [-0.15, -0.1) is 0 Å². The summed E-state index contributed by atoms with van der Waals surface area (Å²) < 4.78 is 0.